The van der Waals surface area contributed by atoms with Crippen molar-refractivity contribution in [1.82, 2.24) is 35.6 Å². The third-order valence-electron chi connectivity index (χ3n) is 6.96. The van der Waals surface area contributed by atoms with Gasteiger partial charge in [-0.3, -0.25) is 14.5 Å². The average Bonchev–Trinajstić information content (AvgIpc) is 3.50. The first kappa shape index (κ1) is 24.6. The number of carbonyl (C=O) groups is 2. The van der Waals surface area contributed by atoms with Crippen molar-refractivity contribution in [3.63, 3.8) is 0 Å². The number of carbonyl (C=O) groups excluding carboxylic acids is 2. The number of ketones is 1. The number of ether oxygens (including phenoxy) is 1. The van der Waals surface area contributed by atoms with E-state index in [1.54, 1.807) is 25.5 Å². The Labute approximate surface area is 213 Å². The van der Waals surface area contributed by atoms with Crippen molar-refractivity contribution in [2.24, 2.45) is 11.0 Å². The Morgan fingerprint density at radius 1 is 1.32 bits per heavy atom. The normalized spacial score (nSPS) is 20.2. The third kappa shape index (κ3) is 5.07. The molecule has 1 aromatic carbocycles. The highest BCUT2D eigenvalue weighted by Gasteiger charge is 2.28. The molecular weight excluding hydrogens is 478 g/mol. The van der Waals surface area contributed by atoms with Crippen LogP contribution in [-0.2, 0) is 13.0 Å². The van der Waals surface area contributed by atoms with E-state index >= 15 is 0 Å². The second-order valence-electron chi connectivity index (χ2n) is 9.42. The molecule has 1 aliphatic carbocycles. The fourth-order valence-electron chi connectivity index (χ4n) is 4.91. The van der Waals surface area contributed by atoms with Gasteiger partial charge in [-0.15, -0.1) is 5.10 Å². The first-order valence-electron chi connectivity index (χ1n) is 12.2. The first-order chi connectivity index (χ1) is 17.9. The molecule has 0 spiro atoms. The zero-order valence-corrected chi connectivity index (χ0v) is 20.8. The van der Waals surface area contributed by atoms with Gasteiger partial charge in [-0.05, 0) is 66.8 Å². The molecule has 5 rings (SSSR count). The quantitative estimate of drug-likeness (QED) is 0.355. The van der Waals surface area contributed by atoms with E-state index in [4.69, 9.17) is 15.1 Å². The molecular formula is C24H29N9O4. The van der Waals surface area contributed by atoms with Gasteiger partial charge in [0.2, 0.25) is 11.6 Å². The van der Waals surface area contributed by atoms with Crippen LogP contribution in [0, 0.1) is 5.92 Å². The largest absolute Gasteiger partial charge is 0.497 e. The van der Waals surface area contributed by atoms with Gasteiger partial charge in [0, 0.05) is 36.7 Å². The van der Waals surface area contributed by atoms with Gasteiger partial charge in [0.15, 0.2) is 11.5 Å². The zero-order valence-electron chi connectivity index (χ0n) is 20.8. The smallest absolute Gasteiger partial charge is 0.293 e. The lowest BCUT2D eigenvalue weighted by Gasteiger charge is -2.33. The van der Waals surface area contributed by atoms with Crippen LogP contribution in [0.5, 0.6) is 5.75 Å². The van der Waals surface area contributed by atoms with Crippen LogP contribution < -0.4 is 15.9 Å². The minimum Gasteiger partial charge on any atom is -0.497 e. The summed E-state index contributed by atoms with van der Waals surface area (Å²) in [5, 5.41) is 19.8. The molecule has 1 saturated heterocycles. The second-order valence-corrected chi connectivity index (χ2v) is 9.42. The van der Waals surface area contributed by atoms with E-state index in [0.717, 1.165) is 31.4 Å². The maximum Gasteiger partial charge on any atom is 0.293 e. The summed E-state index contributed by atoms with van der Waals surface area (Å²) in [5.41, 5.74) is 10.6. The number of nitrogen functional groups attached to an aromatic ring is 1. The Bertz CT molecular complexity index is 1330. The number of hydrazone groups is 1. The number of piperidine rings is 1. The molecule has 13 nitrogen and oxygen atoms in total. The molecule has 2 aromatic heterocycles. The van der Waals surface area contributed by atoms with E-state index in [1.807, 2.05) is 6.07 Å². The highest BCUT2D eigenvalue weighted by molar-refractivity contribution is 6.00. The van der Waals surface area contributed by atoms with E-state index in [1.165, 1.54) is 4.68 Å². The molecule has 2 aliphatic rings. The predicted molar refractivity (Wildman–Crippen MR) is 132 cm³/mol. The van der Waals surface area contributed by atoms with Crippen molar-refractivity contribution in [2.75, 3.05) is 19.4 Å². The first-order valence-corrected chi connectivity index (χ1v) is 12.2. The van der Waals surface area contributed by atoms with Gasteiger partial charge >= 0.3 is 0 Å². The highest BCUT2D eigenvalue weighted by atomic mass is 16.6. The number of nitrogens with one attached hydrogen (secondary N) is 1. The van der Waals surface area contributed by atoms with Crippen LogP contribution in [0.15, 0.2) is 27.9 Å². The van der Waals surface area contributed by atoms with Gasteiger partial charge in [-0.2, -0.15) is 9.78 Å². The number of aromatic nitrogens is 5. The summed E-state index contributed by atoms with van der Waals surface area (Å²) >= 11 is 0. The zero-order chi connectivity index (χ0) is 25.9. The Morgan fingerprint density at radius 2 is 2.19 bits per heavy atom. The molecule has 3 N–H and O–H groups in total. The van der Waals surface area contributed by atoms with Crippen molar-refractivity contribution in [1.29, 1.82) is 0 Å². The molecule has 3 heterocycles. The molecule has 13 heteroatoms. The fourth-order valence-corrected chi connectivity index (χ4v) is 4.91. The number of nitrogens with zero attached hydrogens (tertiary/aromatic N) is 7. The number of methoxy groups -OCH3 is 1. The van der Waals surface area contributed by atoms with Crippen LogP contribution in [0.25, 0.3) is 5.82 Å². The van der Waals surface area contributed by atoms with E-state index in [0.29, 0.717) is 42.4 Å². The summed E-state index contributed by atoms with van der Waals surface area (Å²) in [6, 6.07) is 5.77. The molecule has 37 heavy (non-hydrogen) atoms. The lowest BCUT2D eigenvalue weighted by molar-refractivity contribution is 0.0944. The Balaban J connectivity index is 1.33. The van der Waals surface area contributed by atoms with Crippen molar-refractivity contribution in [3.8, 4) is 11.6 Å². The van der Waals surface area contributed by atoms with Gasteiger partial charge < -0.3 is 10.5 Å². The van der Waals surface area contributed by atoms with E-state index in [2.05, 4.69) is 43.0 Å². The Kier molecular flexibility index (Phi) is 6.95. The van der Waals surface area contributed by atoms with Crippen LogP contribution in [0.1, 0.15) is 64.7 Å². The molecule has 0 saturated carbocycles. The number of nitrogens with two attached hydrogens (primary N) is 1. The number of fused-ring (bicyclic) bond motifs is 1. The summed E-state index contributed by atoms with van der Waals surface area (Å²) in [6.45, 7) is 3.46. The molecule has 1 fully saturated rings. The maximum absolute atomic E-state index is 13.1. The van der Waals surface area contributed by atoms with Crippen molar-refractivity contribution >= 4 is 23.7 Å². The molecule has 0 radical (unpaired) electrons. The van der Waals surface area contributed by atoms with Gasteiger partial charge in [0.05, 0.1) is 12.8 Å². The molecule has 1 amide bonds. The minimum absolute atomic E-state index is 0.0337. The summed E-state index contributed by atoms with van der Waals surface area (Å²) in [7, 11) is 1.59. The third-order valence-corrected chi connectivity index (χ3v) is 6.96. The van der Waals surface area contributed by atoms with Crippen LogP contribution in [-0.4, -0.2) is 67.8 Å². The number of hydrogen-bond donors (Lipinski definition) is 2. The summed E-state index contributed by atoms with van der Waals surface area (Å²) in [6.07, 6.45) is 5.82. The monoisotopic (exact) mass is 507 g/mol. The predicted octanol–water partition coefficient (Wildman–Crippen LogP) is 1.78. The summed E-state index contributed by atoms with van der Waals surface area (Å²) in [4.78, 5) is 27.9. The average molecular weight is 508 g/mol. The molecule has 0 unspecified atom stereocenters. The van der Waals surface area contributed by atoms with Crippen LogP contribution >= 0.6 is 0 Å². The number of amides is 1. The number of hydrogen-bond acceptors (Lipinski definition) is 11. The molecule has 194 valence electrons. The SMILES string of the molecule is COc1ccc2c(c1)C[C@H](/C=N/NC(=O)c1nnn(-c3nonc3N)c1CN1CCCC[C@H]1C)CC2=O. The van der Waals surface area contributed by atoms with E-state index in [9.17, 15) is 9.59 Å². The van der Waals surface area contributed by atoms with Gasteiger partial charge in [0.1, 0.15) is 5.75 Å². The molecule has 2 atom stereocenters. The number of rotatable bonds is 7. The maximum atomic E-state index is 13.1. The second kappa shape index (κ2) is 10.5. The van der Waals surface area contributed by atoms with Crippen LogP contribution in [0.4, 0.5) is 5.82 Å². The van der Waals surface area contributed by atoms with Crippen molar-refractivity contribution in [2.45, 2.75) is 51.6 Å². The number of likely N-dealkylation sites (tertiary alicyclic amines) is 1. The Hall–Kier alpha value is -4.13. The van der Waals surface area contributed by atoms with Crippen molar-refractivity contribution < 1.29 is 19.0 Å². The molecule has 3 aromatic rings. The van der Waals surface area contributed by atoms with Gasteiger partial charge in [-0.25, -0.2) is 10.1 Å². The standard InChI is InChI=1S/C24H29N9O4/c1-14-5-3-4-8-32(14)13-19-21(27-31-33(19)23-22(25)29-37-30-23)24(35)28-26-12-15-9-16-11-17(36-2)6-7-18(16)20(34)10-15/h6-7,11-12,14-15H,3-5,8-10,13H2,1-2H3,(H2,25,29)(H,28,35)/b26-12+/t14-,15+/m1/s1. The number of Topliss-reactive ketones (excluding diaryl/α,β-unsaturated/α-hetero) is 1. The molecule has 0 bridgehead atoms. The lowest BCUT2D eigenvalue weighted by atomic mass is 9.83. The van der Waals surface area contributed by atoms with Crippen molar-refractivity contribution in [3.05, 3.63) is 40.7 Å². The lowest BCUT2D eigenvalue weighted by Crippen LogP contribution is -2.38. The Morgan fingerprint density at radius 3 is 2.95 bits per heavy atom. The number of anilines is 1. The van der Waals surface area contributed by atoms with Crippen LogP contribution in [0.2, 0.25) is 0 Å². The molecule has 1 aliphatic heterocycles. The van der Waals surface area contributed by atoms with Gasteiger partial charge in [-0.1, -0.05) is 11.6 Å². The fraction of sp³-hybridized carbons (Fsp3) is 0.458. The number of benzene rings is 1. The summed E-state index contributed by atoms with van der Waals surface area (Å²) < 4.78 is 11.4. The van der Waals surface area contributed by atoms with E-state index in [-0.39, 0.29) is 29.0 Å². The topological polar surface area (TPSA) is 167 Å². The van der Waals surface area contributed by atoms with Gasteiger partial charge in [0.25, 0.3) is 5.91 Å². The minimum atomic E-state index is -0.526. The van der Waals surface area contributed by atoms with E-state index < -0.39 is 5.91 Å². The summed E-state index contributed by atoms with van der Waals surface area (Å²) in [5.74, 6) is 0.260. The highest BCUT2D eigenvalue weighted by Crippen LogP contribution is 2.28. The van der Waals surface area contributed by atoms with Crippen LogP contribution in [0.3, 0.4) is 0 Å².